The first-order valence-electron chi connectivity index (χ1n) is 6.47. The van der Waals surface area contributed by atoms with Gasteiger partial charge in [0.25, 0.3) is 0 Å². The van der Waals surface area contributed by atoms with Crippen LogP contribution in [0.5, 0.6) is 5.75 Å². The maximum Gasteiger partial charge on any atom is 0.417 e. The lowest BCUT2D eigenvalue weighted by molar-refractivity contribution is -0.114. The molecule has 2 amide bonds. The predicted octanol–water partition coefficient (Wildman–Crippen LogP) is 3.56. The number of aryl methyl sites for hydroxylation is 1. The Kier molecular flexibility index (Phi) is 4.56. The minimum absolute atomic E-state index is 0.170. The highest BCUT2D eigenvalue weighted by atomic mass is 16.6. The van der Waals surface area contributed by atoms with E-state index in [2.05, 4.69) is 10.6 Å². The van der Waals surface area contributed by atoms with Gasteiger partial charge in [-0.3, -0.25) is 10.1 Å². The first-order valence-corrected chi connectivity index (χ1v) is 6.47. The van der Waals surface area contributed by atoms with E-state index in [4.69, 9.17) is 4.74 Å². The van der Waals surface area contributed by atoms with E-state index in [9.17, 15) is 9.59 Å². The lowest BCUT2D eigenvalue weighted by Gasteiger charge is -2.11. The second-order valence-corrected chi connectivity index (χ2v) is 4.54. The highest BCUT2D eigenvalue weighted by Gasteiger charge is 2.08. The molecule has 0 saturated carbocycles. The van der Waals surface area contributed by atoms with E-state index in [0.717, 1.165) is 5.56 Å². The van der Waals surface area contributed by atoms with Gasteiger partial charge < -0.3 is 10.1 Å². The maximum absolute atomic E-state index is 11.8. The molecule has 5 heteroatoms. The molecule has 0 fully saturated rings. The number of benzene rings is 2. The van der Waals surface area contributed by atoms with Gasteiger partial charge in [-0.1, -0.05) is 24.3 Å². The number of ether oxygens (including phenoxy) is 1. The van der Waals surface area contributed by atoms with Crippen molar-refractivity contribution in [3.63, 3.8) is 0 Å². The molecule has 0 heterocycles. The number of amides is 2. The van der Waals surface area contributed by atoms with E-state index in [0.29, 0.717) is 17.1 Å². The summed E-state index contributed by atoms with van der Waals surface area (Å²) < 4.78 is 5.16. The molecule has 0 aliphatic heterocycles. The minimum Gasteiger partial charge on any atom is -0.410 e. The number of rotatable bonds is 3. The van der Waals surface area contributed by atoms with Crippen molar-refractivity contribution in [3.8, 4) is 5.75 Å². The Labute approximate surface area is 122 Å². The molecule has 0 aliphatic rings. The highest BCUT2D eigenvalue weighted by Crippen LogP contribution is 2.21. The van der Waals surface area contributed by atoms with Crippen LogP contribution in [0, 0.1) is 6.92 Å². The zero-order chi connectivity index (χ0) is 15.2. The van der Waals surface area contributed by atoms with Crippen molar-refractivity contribution >= 4 is 23.4 Å². The number of para-hydroxylation sites is 1. The topological polar surface area (TPSA) is 67.4 Å². The third kappa shape index (κ3) is 4.35. The fourth-order valence-corrected chi connectivity index (χ4v) is 1.77. The van der Waals surface area contributed by atoms with Gasteiger partial charge in [-0.25, -0.2) is 4.79 Å². The van der Waals surface area contributed by atoms with Gasteiger partial charge in [-0.15, -0.1) is 0 Å². The third-order valence-corrected chi connectivity index (χ3v) is 2.75. The summed E-state index contributed by atoms with van der Waals surface area (Å²) in [5.41, 5.74) is 2.07. The van der Waals surface area contributed by atoms with Crippen molar-refractivity contribution in [3.05, 3.63) is 54.1 Å². The summed E-state index contributed by atoms with van der Waals surface area (Å²) in [7, 11) is 0. The molecule has 0 unspecified atom stereocenters. The Balaban J connectivity index is 2.07. The molecular formula is C16H16N2O3. The largest absolute Gasteiger partial charge is 0.417 e. The van der Waals surface area contributed by atoms with Crippen LogP contribution in [0.4, 0.5) is 16.2 Å². The van der Waals surface area contributed by atoms with Crippen LogP contribution in [0.1, 0.15) is 12.5 Å². The van der Waals surface area contributed by atoms with Crippen molar-refractivity contribution in [2.24, 2.45) is 0 Å². The number of carbonyl (C=O) groups is 2. The first-order chi connectivity index (χ1) is 10.0. The molecular weight excluding hydrogens is 268 g/mol. The molecule has 108 valence electrons. The van der Waals surface area contributed by atoms with Crippen LogP contribution >= 0.6 is 0 Å². The van der Waals surface area contributed by atoms with Crippen LogP contribution < -0.4 is 15.4 Å². The van der Waals surface area contributed by atoms with Crippen LogP contribution in [0.25, 0.3) is 0 Å². The third-order valence-electron chi connectivity index (χ3n) is 2.75. The Morgan fingerprint density at radius 1 is 1.00 bits per heavy atom. The van der Waals surface area contributed by atoms with Gasteiger partial charge in [0.15, 0.2) is 0 Å². The molecule has 5 nitrogen and oxygen atoms in total. The van der Waals surface area contributed by atoms with Crippen LogP contribution in [-0.2, 0) is 4.79 Å². The summed E-state index contributed by atoms with van der Waals surface area (Å²) >= 11 is 0. The Hall–Kier alpha value is -2.82. The number of anilines is 2. The number of hydrogen-bond acceptors (Lipinski definition) is 3. The molecule has 0 radical (unpaired) electrons. The van der Waals surface area contributed by atoms with Crippen molar-refractivity contribution in [1.29, 1.82) is 0 Å². The smallest absolute Gasteiger partial charge is 0.410 e. The van der Waals surface area contributed by atoms with Gasteiger partial charge in [-0.2, -0.15) is 0 Å². The second kappa shape index (κ2) is 6.56. The van der Waals surface area contributed by atoms with Crippen LogP contribution in [0.2, 0.25) is 0 Å². The lowest BCUT2D eigenvalue weighted by Crippen LogP contribution is -2.17. The summed E-state index contributed by atoms with van der Waals surface area (Å²) in [5, 5.41) is 5.32. The zero-order valence-corrected chi connectivity index (χ0v) is 11.8. The number of hydrogen-bond donors (Lipinski definition) is 2. The first kappa shape index (κ1) is 14.6. The average Bonchev–Trinajstić information content (AvgIpc) is 2.43. The predicted molar refractivity (Wildman–Crippen MR) is 81.6 cm³/mol. The standard InChI is InChI=1S/C16H16N2O3/c1-11-8-9-13(17-12(2)19)10-15(11)18-16(20)21-14-6-4-3-5-7-14/h3-10H,1-2H3,(H,17,19)(H,18,20). The van der Waals surface area contributed by atoms with E-state index in [1.807, 2.05) is 19.1 Å². The zero-order valence-electron chi connectivity index (χ0n) is 11.8. The highest BCUT2D eigenvalue weighted by molar-refractivity contribution is 5.92. The van der Waals surface area contributed by atoms with Crippen LogP contribution in [0.15, 0.2) is 48.5 Å². The van der Waals surface area contributed by atoms with E-state index in [1.54, 1.807) is 36.4 Å². The molecule has 2 aromatic carbocycles. The van der Waals surface area contributed by atoms with Crippen LogP contribution in [-0.4, -0.2) is 12.0 Å². The summed E-state index contributed by atoms with van der Waals surface area (Å²) in [6, 6.07) is 14.1. The summed E-state index contributed by atoms with van der Waals surface area (Å²) in [6.45, 7) is 3.28. The average molecular weight is 284 g/mol. The molecule has 0 spiro atoms. The van der Waals surface area contributed by atoms with Gasteiger partial charge in [0.2, 0.25) is 5.91 Å². The molecule has 0 bridgehead atoms. The van der Waals surface area contributed by atoms with E-state index >= 15 is 0 Å². The van der Waals surface area contributed by atoms with Crippen molar-refractivity contribution in [2.75, 3.05) is 10.6 Å². The molecule has 2 aromatic rings. The minimum atomic E-state index is -0.579. The molecule has 0 aromatic heterocycles. The van der Waals surface area contributed by atoms with E-state index < -0.39 is 6.09 Å². The van der Waals surface area contributed by atoms with Crippen LogP contribution in [0.3, 0.4) is 0 Å². The number of carbonyl (C=O) groups excluding carboxylic acids is 2. The molecule has 2 N–H and O–H groups in total. The summed E-state index contributed by atoms with van der Waals surface area (Å²) in [4.78, 5) is 22.9. The molecule has 2 rings (SSSR count). The fourth-order valence-electron chi connectivity index (χ4n) is 1.77. The Morgan fingerprint density at radius 2 is 1.71 bits per heavy atom. The van der Waals surface area contributed by atoms with Gasteiger partial charge in [0.1, 0.15) is 5.75 Å². The van der Waals surface area contributed by atoms with Gasteiger partial charge in [-0.05, 0) is 36.8 Å². The van der Waals surface area contributed by atoms with Gasteiger partial charge >= 0.3 is 6.09 Å². The second-order valence-electron chi connectivity index (χ2n) is 4.54. The van der Waals surface area contributed by atoms with Gasteiger partial charge in [0, 0.05) is 18.3 Å². The molecule has 0 atom stereocenters. The normalized spacial score (nSPS) is 9.81. The molecule has 0 saturated heterocycles. The SMILES string of the molecule is CC(=O)Nc1ccc(C)c(NC(=O)Oc2ccccc2)c1. The molecule has 21 heavy (non-hydrogen) atoms. The number of nitrogens with one attached hydrogen (secondary N) is 2. The summed E-state index contributed by atoms with van der Waals surface area (Å²) in [6.07, 6.45) is -0.579. The van der Waals surface area contributed by atoms with Crippen molar-refractivity contribution in [2.45, 2.75) is 13.8 Å². The lowest BCUT2D eigenvalue weighted by atomic mass is 10.2. The Bertz CT molecular complexity index is 654. The monoisotopic (exact) mass is 284 g/mol. The quantitative estimate of drug-likeness (QED) is 0.905. The Morgan fingerprint density at radius 3 is 2.38 bits per heavy atom. The van der Waals surface area contributed by atoms with E-state index in [-0.39, 0.29) is 5.91 Å². The molecule has 0 aliphatic carbocycles. The van der Waals surface area contributed by atoms with Crippen molar-refractivity contribution in [1.82, 2.24) is 0 Å². The fraction of sp³-hybridized carbons (Fsp3) is 0.125. The van der Waals surface area contributed by atoms with Gasteiger partial charge in [0.05, 0.1) is 0 Å². The van der Waals surface area contributed by atoms with E-state index in [1.165, 1.54) is 6.92 Å². The summed E-state index contributed by atoms with van der Waals surface area (Å²) in [5.74, 6) is 0.294. The maximum atomic E-state index is 11.8. The van der Waals surface area contributed by atoms with Crippen molar-refractivity contribution < 1.29 is 14.3 Å².